The number of H-pyrrole nitrogens is 2. The second-order valence-electron chi connectivity index (χ2n) is 7.92. The fraction of sp³-hybridized carbons (Fsp3) is 0.154. The molecule has 0 spiro atoms. The summed E-state index contributed by atoms with van der Waals surface area (Å²) in [6, 6.07) is 20.8. The maximum Gasteiger partial charge on any atom is 0.460 e. The Morgan fingerprint density at radius 1 is 1.00 bits per heavy atom. The number of nitrogens with zero attached hydrogens (tertiary/aromatic N) is 2. The van der Waals surface area contributed by atoms with Gasteiger partial charge in [-0.25, -0.2) is 14.6 Å². The SMILES string of the molecule is CCC(OC(=O)c1cccc2nc(C)[nH]c12)c1ccc(-c2ccccc2-c2nc(=O)o[nH]2)cc1. The van der Waals surface area contributed by atoms with Gasteiger partial charge in [0.1, 0.15) is 11.9 Å². The van der Waals surface area contributed by atoms with Crippen LogP contribution in [0.2, 0.25) is 0 Å². The van der Waals surface area contributed by atoms with E-state index in [1.807, 2.05) is 68.4 Å². The smallest absolute Gasteiger partial charge is 0.454 e. The average molecular weight is 454 g/mol. The first kappa shape index (κ1) is 21.4. The van der Waals surface area contributed by atoms with Crippen LogP contribution >= 0.6 is 0 Å². The first-order valence-electron chi connectivity index (χ1n) is 10.9. The van der Waals surface area contributed by atoms with Crippen LogP contribution in [0.1, 0.15) is 41.2 Å². The van der Waals surface area contributed by atoms with Crippen LogP contribution in [0.4, 0.5) is 0 Å². The summed E-state index contributed by atoms with van der Waals surface area (Å²) in [4.78, 5) is 35.8. The molecule has 2 heterocycles. The van der Waals surface area contributed by atoms with E-state index in [0.29, 0.717) is 23.3 Å². The highest BCUT2D eigenvalue weighted by molar-refractivity contribution is 6.02. The molecule has 0 radical (unpaired) electrons. The van der Waals surface area contributed by atoms with E-state index in [1.165, 1.54) is 0 Å². The quantitative estimate of drug-likeness (QED) is 0.341. The molecule has 8 heteroatoms. The minimum Gasteiger partial charge on any atom is -0.454 e. The lowest BCUT2D eigenvalue weighted by atomic mass is 9.97. The molecule has 1 unspecified atom stereocenters. The number of imidazole rings is 1. The lowest BCUT2D eigenvalue weighted by molar-refractivity contribution is 0.0290. The summed E-state index contributed by atoms with van der Waals surface area (Å²) in [6.07, 6.45) is 0.225. The Morgan fingerprint density at radius 2 is 1.76 bits per heavy atom. The van der Waals surface area contributed by atoms with E-state index >= 15 is 0 Å². The molecule has 5 rings (SSSR count). The molecule has 0 bridgehead atoms. The summed E-state index contributed by atoms with van der Waals surface area (Å²) in [5.41, 5.74) is 5.34. The number of carbonyl (C=O) groups excluding carboxylic acids is 1. The zero-order chi connectivity index (χ0) is 23.7. The van der Waals surface area contributed by atoms with E-state index < -0.39 is 17.8 Å². The Kier molecular flexibility index (Phi) is 5.55. The summed E-state index contributed by atoms with van der Waals surface area (Å²) >= 11 is 0. The Labute approximate surface area is 194 Å². The highest BCUT2D eigenvalue weighted by Gasteiger charge is 2.20. The van der Waals surface area contributed by atoms with Crippen LogP contribution in [0, 0.1) is 6.92 Å². The van der Waals surface area contributed by atoms with Gasteiger partial charge in [-0.15, -0.1) is 0 Å². The lowest BCUT2D eigenvalue weighted by Crippen LogP contribution is -2.11. The Hall–Kier alpha value is -4.46. The number of hydrogen-bond donors (Lipinski definition) is 2. The number of nitrogens with one attached hydrogen (secondary N) is 2. The molecule has 0 amide bonds. The molecule has 2 aromatic heterocycles. The predicted octanol–water partition coefficient (Wildman–Crippen LogP) is 5.19. The van der Waals surface area contributed by atoms with Crippen LogP contribution < -0.4 is 5.76 Å². The molecule has 0 aliphatic carbocycles. The van der Waals surface area contributed by atoms with Crippen LogP contribution in [0.25, 0.3) is 33.5 Å². The first-order valence-corrected chi connectivity index (χ1v) is 10.9. The maximum absolute atomic E-state index is 13.0. The largest absolute Gasteiger partial charge is 0.460 e. The van der Waals surface area contributed by atoms with Crippen molar-refractivity contribution in [3.05, 3.63) is 94.2 Å². The van der Waals surface area contributed by atoms with Crippen LogP contribution in [0.5, 0.6) is 0 Å². The van der Waals surface area contributed by atoms with Crippen molar-refractivity contribution in [1.82, 2.24) is 20.1 Å². The first-order chi connectivity index (χ1) is 16.5. The number of aromatic amines is 2. The number of fused-ring (bicyclic) bond motifs is 1. The fourth-order valence-electron chi connectivity index (χ4n) is 4.07. The summed E-state index contributed by atoms with van der Waals surface area (Å²) < 4.78 is 10.6. The topological polar surface area (TPSA) is 114 Å². The number of aryl methyl sites for hydroxylation is 1. The third-order valence-corrected chi connectivity index (χ3v) is 5.69. The highest BCUT2D eigenvalue weighted by atomic mass is 16.5. The van der Waals surface area contributed by atoms with E-state index in [9.17, 15) is 9.59 Å². The van der Waals surface area contributed by atoms with E-state index in [-0.39, 0.29) is 0 Å². The molecule has 5 aromatic rings. The molecular weight excluding hydrogens is 432 g/mol. The molecule has 0 aliphatic rings. The van der Waals surface area contributed by atoms with Gasteiger partial charge in [0, 0.05) is 5.56 Å². The predicted molar refractivity (Wildman–Crippen MR) is 127 cm³/mol. The number of carbonyl (C=O) groups is 1. The summed E-state index contributed by atoms with van der Waals surface area (Å²) in [5, 5.41) is 2.56. The molecule has 0 saturated carbocycles. The van der Waals surface area contributed by atoms with Crippen molar-refractivity contribution in [2.75, 3.05) is 0 Å². The van der Waals surface area contributed by atoms with Gasteiger partial charge in [-0.05, 0) is 42.2 Å². The zero-order valence-electron chi connectivity index (χ0n) is 18.7. The highest BCUT2D eigenvalue weighted by Crippen LogP contribution is 2.32. The minimum absolute atomic E-state index is 0.369. The summed E-state index contributed by atoms with van der Waals surface area (Å²) in [7, 11) is 0. The van der Waals surface area contributed by atoms with Gasteiger partial charge in [0.25, 0.3) is 0 Å². The van der Waals surface area contributed by atoms with Crippen LogP contribution in [0.3, 0.4) is 0 Å². The van der Waals surface area contributed by atoms with Crippen molar-refractivity contribution >= 4 is 17.0 Å². The Morgan fingerprint density at radius 3 is 2.47 bits per heavy atom. The molecule has 2 N–H and O–H groups in total. The van der Waals surface area contributed by atoms with E-state index in [4.69, 9.17) is 9.26 Å². The second-order valence-corrected chi connectivity index (χ2v) is 7.92. The average Bonchev–Trinajstić information content (AvgIpc) is 3.46. The van der Waals surface area contributed by atoms with Crippen molar-refractivity contribution in [3.63, 3.8) is 0 Å². The van der Waals surface area contributed by atoms with Gasteiger partial charge in [0.05, 0.1) is 16.6 Å². The molecule has 0 fully saturated rings. The molecular formula is C26H22N4O4. The van der Waals surface area contributed by atoms with Crippen molar-refractivity contribution < 1.29 is 14.1 Å². The van der Waals surface area contributed by atoms with Crippen molar-refractivity contribution in [1.29, 1.82) is 0 Å². The van der Waals surface area contributed by atoms with Gasteiger partial charge >= 0.3 is 11.7 Å². The Balaban J connectivity index is 1.41. The third-order valence-electron chi connectivity index (χ3n) is 5.69. The van der Waals surface area contributed by atoms with Gasteiger partial charge in [-0.2, -0.15) is 10.1 Å². The van der Waals surface area contributed by atoms with Crippen molar-refractivity contribution in [2.24, 2.45) is 0 Å². The maximum atomic E-state index is 13.0. The van der Waals surface area contributed by atoms with Crippen molar-refractivity contribution in [2.45, 2.75) is 26.4 Å². The van der Waals surface area contributed by atoms with Crippen LogP contribution in [-0.2, 0) is 4.74 Å². The number of benzene rings is 3. The molecule has 0 saturated heterocycles. The molecule has 0 aliphatic heterocycles. The number of aromatic nitrogens is 4. The van der Waals surface area contributed by atoms with Gasteiger partial charge in [0.15, 0.2) is 5.82 Å². The monoisotopic (exact) mass is 454 g/mol. The second kappa shape index (κ2) is 8.82. The van der Waals surface area contributed by atoms with Crippen molar-refractivity contribution in [3.8, 4) is 22.5 Å². The van der Waals surface area contributed by atoms with E-state index in [2.05, 4.69) is 20.1 Å². The summed E-state index contributed by atoms with van der Waals surface area (Å²) in [6.45, 7) is 3.83. The molecule has 170 valence electrons. The van der Waals surface area contributed by atoms with Gasteiger partial charge < -0.3 is 14.2 Å². The number of esters is 1. The molecule has 8 nitrogen and oxygen atoms in total. The van der Waals surface area contributed by atoms with Gasteiger partial charge in [-0.3, -0.25) is 0 Å². The lowest BCUT2D eigenvalue weighted by Gasteiger charge is -2.17. The number of ether oxygens (including phenoxy) is 1. The number of hydrogen-bond acceptors (Lipinski definition) is 6. The minimum atomic E-state index is -0.672. The van der Waals surface area contributed by atoms with E-state index in [1.54, 1.807) is 12.1 Å². The number of rotatable bonds is 6. The third kappa shape index (κ3) is 4.01. The van der Waals surface area contributed by atoms with E-state index in [0.717, 1.165) is 33.6 Å². The molecule has 34 heavy (non-hydrogen) atoms. The molecule has 3 aromatic carbocycles. The normalized spacial score (nSPS) is 12.1. The Bertz CT molecular complexity index is 1530. The standard InChI is InChI=1S/C26H22N4O4/c1-3-22(33-25(31)20-9-6-10-21-23(20)28-15(2)27-21)17-13-11-16(12-14-17)18-7-4-5-8-19(18)24-29-26(32)34-30-24/h4-14,22H,3H2,1-2H3,(H,27,28)(H,29,30,32). The zero-order valence-corrected chi connectivity index (χ0v) is 18.7. The number of para-hydroxylation sites is 1. The van der Waals surface area contributed by atoms with Gasteiger partial charge in [-0.1, -0.05) is 61.5 Å². The molecule has 1 atom stereocenters. The van der Waals surface area contributed by atoms with Gasteiger partial charge in [0.2, 0.25) is 0 Å². The van der Waals surface area contributed by atoms with Crippen LogP contribution in [0.15, 0.2) is 76.0 Å². The van der Waals surface area contributed by atoms with Crippen LogP contribution in [-0.4, -0.2) is 26.1 Å². The summed E-state index contributed by atoms with van der Waals surface area (Å²) in [5.74, 6) is 0.0420. The fourth-order valence-corrected chi connectivity index (χ4v) is 4.07.